The van der Waals surface area contributed by atoms with Gasteiger partial charge in [-0.1, -0.05) is 47.6 Å². The van der Waals surface area contributed by atoms with Gasteiger partial charge in [0.05, 0.1) is 11.3 Å². The third-order valence-electron chi connectivity index (χ3n) is 5.18. The quantitative estimate of drug-likeness (QED) is 0.372. The Hall–Kier alpha value is -3.63. The molecule has 1 atom stereocenters. The number of hydrogen-bond acceptors (Lipinski definition) is 7. The van der Waals surface area contributed by atoms with Crippen molar-refractivity contribution in [2.24, 2.45) is 0 Å². The molecule has 8 nitrogen and oxygen atoms in total. The first-order valence-electron chi connectivity index (χ1n) is 10.5. The number of hydrogen-bond donors (Lipinski definition) is 1. The van der Waals surface area contributed by atoms with E-state index in [9.17, 15) is 17.6 Å². The number of esters is 1. The van der Waals surface area contributed by atoms with Crippen LogP contribution in [0.4, 0.5) is 4.39 Å². The highest BCUT2D eigenvalue weighted by Crippen LogP contribution is 2.23. The van der Waals surface area contributed by atoms with Gasteiger partial charge in [-0.05, 0) is 48.4 Å². The molecule has 34 heavy (non-hydrogen) atoms. The molecule has 0 aliphatic heterocycles. The van der Waals surface area contributed by atoms with E-state index in [1.165, 1.54) is 12.1 Å². The van der Waals surface area contributed by atoms with Crippen molar-refractivity contribution >= 4 is 26.8 Å². The summed E-state index contributed by atoms with van der Waals surface area (Å²) in [6.45, 7) is 3.05. The van der Waals surface area contributed by atoms with Gasteiger partial charge in [0, 0.05) is 12.1 Å². The molecule has 10 heteroatoms. The van der Waals surface area contributed by atoms with Gasteiger partial charge in [-0.15, -0.1) is 0 Å². The molecule has 0 aliphatic carbocycles. The Morgan fingerprint density at radius 2 is 1.88 bits per heavy atom. The minimum Gasteiger partial charge on any atom is -0.452 e. The average molecular weight is 484 g/mol. The average Bonchev–Trinajstić information content (AvgIpc) is 3.31. The number of aryl methyl sites for hydroxylation is 1. The van der Waals surface area contributed by atoms with Crippen LogP contribution in [-0.2, 0) is 19.6 Å². The lowest BCUT2D eigenvalue weighted by molar-refractivity contribution is -0.149. The van der Waals surface area contributed by atoms with Crippen LogP contribution in [0.1, 0.15) is 30.9 Å². The molecule has 4 aromatic rings. The predicted molar refractivity (Wildman–Crippen MR) is 123 cm³/mol. The largest absolute Gasteiger partial charge is 0.452 e. The van der Waals surface area contributed by atoms with Crippen LogP contribution >= 0.6 is 0 Å². The second kappa shape index (κ2) is 9.70. The summed E-state index contributed by atoms with van der Waals surface area (Å²) in [5.41, 5.74) is 0.922. The summed E-state index contributed by atoms with van der Waals surface area (Å²) in [6.07, 6.45) is -1.05. The van der Waals surface area contributed by atoms with Crippen molar-refractivity contribution < 1.29 is 26.9 Å². The first-order valence-corrected chi connectivity index (χ1v) is 12.0. The number of nitrogens with zero attached hydrogens (tertiary/aromatic N) is 2. The van der Waals surface area contributed by atoms with E-state index in [1.54, 1.807) is 38.1 Å². The number of sulfonamides is 1. The highest BCUT2D eigenvalue weighted by Gasteiger charge is 2.21. The maximum atomic E-state index is 13.8. The van der Waals surface area contributed by atoms with Crippen molar-refractivity contribution in [1.29, 1.82) is 0 Å². The topological polar surface area (TPSA) is 111 Å². The van der Waals surface area contributed by atoms with E-state index in [2.05, 4.69) is 14.9 Å². The lowest BCUT2D eigenvalue weighted by atomic mass is 10.1. The summed E-state index contributed by atoms with van der Waals surface area (Å²) in [5, 5.41) is 5.52. The molecule has 176 valence electrons. The van der Waals surface area contributed by atoms with Gasteiger partial charge in [0.2, 0.25) is 15.8 Å². The molecule has 0 fully saturated rings. The second-order valence-corrected chi connectivity index (χ2v) is 9.48. The molecule has 0 saturated carbocycles. The molecular weight excluding hydrogens is 461 g/mol. The summed E-state index contributed by atoms with van der Waals surface area (Å²) in [7, 11) is -3.79. The van der Waals surface area contributed by atoms with Gasteiger partial charge in [0.15, 0.2) is 6.10 Å². The third-order valence-corrected chi connectivity index (χ3v) is 6.64. The van der Waals surface area contributed by atoms with Gasteiger partial charge in [-0.2, -0.15) is 4.98 Å². The van der Waals surface area contributed by atoms with Crippen LogP contribution in [-0.4, -0.2) is 31.1 Å². The fourth-order valence-electron chi connectivity index (χ4n) is 3.26. The van der Waals surface area contributed by atoms with Crippen LogP contribution in [0.2, 0.25) is 0 Å². The molecule has 0 saturated heterocycles. The van der Waals surface area contributed by atoms with Gasteiger partial charge < -0.3 is 9.26 Å². The SMILES string of the molecule is Cc1ccc(-c2noc(C(C)OC(=O)CCNS(=O)(=O)c3ccc4ccccc4c3)n2)cc1F. The Kier molecular flexibility index (Phi) is 6.71. The van der Waals surface area contributed by atoms with Crippen molar-refractivity contribution in [3.63, 3.8) is 0 Å². The zero-order chi connectivity index (χ0) is 24.3. The molecule has 0 radical (unpaired) electrons. The fourth-order valence-corrected chi connectivity index (χ4v) is 4.33. The molecule has 1 unspecified atom stereocenters. The second-order valence-electron chi connectivity index (χ2n) is 7.71. The summed E-state index contributed by atoms with van der Waals surface area (Å²) >= 11 is 0. The van der Waals surface area contributed by atoms with Gasteiger partial charge in [0.25, 0.3) is 5.89 Å². The lowest BCUT2D eigenvalue weighted by Gasteiger charge is -2.10. The summed E-state index contributed by atoms with van der Waals surface area (Å²) in [6, 6.07) is 16.8. The van der Waals surface area contributed by atoms with Crippen LogP contribution < -0.4 is 4.72 Å². The molecule has 0 bridgehead atoms. The summed E-state index contributed by atoms with van der Waals surface area (Å²) in [4.78, 5) is 16.5. The maximum Gasteiger partial charge on any atom is 0.307 e. The molecule has 0 aliphatic rings. The van der Waals surface area contributed by atoms with E-state index in [1.807, 2.05) is 24.3 Å². The predicted octanol–water partition coefficient (Wildman–Crippen LogP) is 4.31. The van der Waals surface area contributed by atoms with Crippen molar-refractivity contribution in [1.82, 2.24) is 14.9 Å². The lowest BCUT2D eigenvalue weighted by Crippen LogP contribution is -2.27. The van der Waals surface area contributed by atoms with Crippen LogP contribution in [0.25, 0.3) is 22.2 Å². The Bertz CT molecular complexity index is 1450. The fraction of sp³-hybridized carbons (Fsp3) is 0.208. The standard InChI is InChI=1S/C24H22FN3O5S/c1-15-7-8-19(14-21(15)25)23-27-24(33-28-23)16(2)32-22(29)11-12-26-34(30,31)20-10-9-17-5-3-4-6-18(17)13-20/h3-10,13-14,16,26H,11-12H2,1-2H3. The van der Waals surface area contributed by atoms with Crippen LogP contribution in [0, 0.1) is 12.7 Å². The van der Waals surface area contributed by atoms with Crippen molar-refractivity contribution in [2.75, 3.05) is 6.54 Å². The van der Waals surface area contributed by atoms with Crippen molar-refractivity contribution in [3.8, 4) is 11.4 Å². The van der Waals surface area contributed by atoms with Gasteiger partial charge in [0.1, 0.15) is 5.82 Å². The molecule has 1 heterocycles. The Balaban J connectivity index is 1.32. The van der Waals surface area contributed by atoms with E-state index in [4.69, 9.17) is 9.26 Å². The number of nitrogens with one attached hydrogen (secondary N) is 1. The number of benzene rings is 3. The first-order chi connectivity index (χ1) is 16.2. The van der Waals surface area contributed by atoms with Gasteiger partial charge in [-0.25, -0.2) is 17.5 Å². The highest BCUT2D eigenvalue weighted by molar-refractivity contribution is 7.89. The molecule has 0 amide bonds. The molecule has 0 spiro atoms. The van der Waals surface area contributed by atoms with Crippen LogP contribution in [0.3, 0.4) is 0 Å². The van der Waals surface area contributed by atoms with E-state index in [0.717, 1.165) is 10.8 Å². The Labute approximate surface area is 195 Å². The first kappa shape index (κ1) is 23.5. The number of halogens is 1. The van der Waals surface area contributed by atoms with Gasteiger partial charge >= 0.3 is 5.97 Å². The van der Waals surface area contributed by atoms with E-state index in [0.29, 0.717) is 11.1 Å². The van der Waals surface area contributed by atoms with Gasteiger partial charge in [-0.3, -0.25) is 4.79 Å². The number of carbonyl (C=O) groups is 1. The molecule has 1 N–H and O–H groups in total. The normalized spacial score (nSPS) is 12.6. The Morgan fingerprint density at radius 1 is 1.12 bits per heavy atom. The minimum absolute atomic E-state index is 0.0427. The molecule has 1 aromatic heterocycles. The minimum atomic E-state index is -3.79. The maximum absolute atomic E-state index is 13.8. The van der Waals surface area contributed by atoms with E-state index in [-0.39, 0.29) is 29.6 Å². The monoisotopic (exact) mass is 483 g/mol. The van der Waals surface area contributed by atoms with E-state index >= 15 is 0 Å². The number of carbonyl (C=O) groups excluding carboxylic acids is 1. The zero-order valence-corrected chi connectivity index (χ0v) is 19.3. The summed E-state index contributed by atoms with van der Waals surface area (Å²) in [5.74, 6) is -0.828. The number of ether oxygens (including phenoxy) is 1. The third kappa shape index (κ3) is 5.29. The summed E-state index contributed by atoms with van der Waals surface area (Å²) < 4.78 is 51.7. The zero-order valence-electron chi connectivity index (χ0n) is 18.5. The molecule has 4 rings (SSSR count). The van der Waals surface area contributed by atoms with Crippen LogP contribution in [0.5, 0.6) is 0 Å². The molecule has 3 aromatic carbocycles. The van der Waals surface area contributed by atoms with E-state index < -0.39 is 27.9 Å². The van der Waals surface area contributed by atoms with Crippen molar-refractivity contribution in [3.05, 3.63) is 77.9 Å². The molecular formula is C24H22FN3O5S. The number of aromatic nitrogens is 2. The van der Waals surface area contributed by atoms with Crippen LogP contribution in [0.15, 0.2) is 70.1 Å². The smallest absolute Gasteiger partial charge is 0.307 e. The highest BCUT2D eigenvalue weighted by atomic mass is 32.2. The van der Waals surface area contributed by atoms with Crippen molar-refractivity contribution in [2.45, 2.75) is 31.3 Å². The number of fused-ring (bicyclic) bond motifs is 1. The Morgan fingerprint density at radius 3 is 2.65 bits per heavy atom. The number of rotatable bonds is 8.